The highest BCUT2D eigenvalue weighted by Crippen LogP contribution is 2.35. The van der Waals surface area contributed by atoms with Gasteiger partial charge in [-0.25, -0.2) is 0 Å². The lowest BCUT2D eigenvalue weighted by Crippen LogP contribution is -2.30. The second-order valence-electron chi connectivity index (χ2n) is 4.02. The van der Waals surface area contributed by atoms with Crippen LogP contribution in [0.3, 0.4) is 0 Å². The molecule has 2 atom stereocenters. The molecular formula is C12H16N2O2. The summed E-state index contributed by atoms with van der Waals surface area (Å²) in [6, 6.07) is 7.08. The monoisotopic (exact) mass is 220 g/mol. The molecule has 1 aliphatic heterocycles. The molecule has 3 N–H and O–H groups in total. The van der Waals surface area contributed by atoms with Crippen LogP contribution in [0.2, 0.25) is 0 Å². The van der Waals surface area contributed by atoms with Crippen molar-refractivity contribution in [2.24, 2.45) is 0 Å². The van der Waals surface area contributed by atoms with Crippen LogP contribution in [0, 0.1) is 0 Å². The minimum atomic E-state index is -0.655. The highest BCUT2D eigenvalue weighted by molar-refractivity contribution is 5.80. The molecule has 4 heteroatoms. The Labute approximate surface area is 94.7 Å². The summed E-state index contributed by atoms with van der Waals surface area (Å²) in [6.45, 7) is 2.50. The molecular weight excluding hydrogens is 204 g/mol. The van der Waals surface area contributed by atoms with Gasteiger partial charge in [-0.05, 0) is 13.0 Å². The van der Waals surface area contributed by atoms with Crippen molar-refractivity contribution in [3.05, 3.63) is 29.8 Å². The molecule has 1 aromatic rings. The third-order valence-electron chi connectivity index (χ3n) is 3.06. The van der Waals surface area contributed by atoms with Crippen molar-refractivity contribution in [2.75, 3.05) is 12.3 Å². The van der Waals surface area contributed by atoms with E-state index in [0.717, 1.165) is 5.56 Å². The molecule has 1 aliphatic rings. The number of hydrogen-bond donors (Lipinski definition) is 2. The van der Waals surface area contributed by atoms with Gasteiger partial charge < -0.3 is 15.7 Å². The predicted octanol–water partition coefficient (Wildman–Crippen LogP) is 0.923. The molecule has 0 radical (unpaired) electrons. The maximum Gasteiger partial charge on any atom is 0.225 e. The molecule has 0 aromatic heterocycles. The number of hydrogen-bond acceptors (Lipinski definition) is 3. The number of benzene rings is 1. The zero-order chi connectivity index (χ0) is 11.7. The maximum atomic E-state index is 11.6. The van der Waals surface area contributed by atoms with E-state index in [1.165, 1.54) is 0 Å². The first-order valence-electron chi connectivity index (χ1n) is 5.47. The van der Waals surface area contributed by atoms with E-state index in [1.807, 2.05) is 25.1 Å². The van der Waals surface area contributed by atoms with E-state index in [4.69, 9.17) is 5.73 Å². The highest BCUT2D eigenvalue weighted by Gasteiger charge is 2.39. The first kappa shape index (κ1) is 11.0. The third kappa shape index (κ3) is 1.65. The number of nitrogens with two attached hydrogens (primary N) is 1. The number of anilines is 1. The van der Waals surface area contributed by atoms with Gasteiger partial charge in [0.2, 0.25) is 5.91 Å². The number of carbonyl (C=O) groups excluding carboxylic acids is 1. The number of rotatable bonds is 2. The molecule has 0 spiro atoms. The van der Waals surface area contributed by atoms with Crippen molar-refractivity contribution < 1.29 is 9.90 Å². The minimum absolute atomic E-state index is 0.0109. The van der Waals surface area contributed by atoms with Gasteiger partial charge in [0, 0.05) is 17.8 Å². The number of amides is 1. The van der Waals surface area contributed by atoms with Gasteiger partial charge in [0.25, 0.3) is 0 Å². The van der Waals surface area contributed by atoms with E-state index in [2.05, 4.69) is 0 Å². The fourth-order valence-electron chi connectivity index (χ4n) is 2.30. The Hall–Kier alpha value is -1.55. The Morgan fingerprint density at radius 3 is 2.81 bits per heavy atom. The average Bonchev–Trinajstić information content (AvgIpc) is 2.54. The fourth-order valence-corrected chi connectivity index (χ4v) is 2.30. The molecule has 2 rings (SSSR count). The molecule has 1 heterocycles. The summed E-state index contributed by atoms with van der Waals surface area (Å²) in [4.78, 5) is 13.3. The Balaban J connectivity index is 2.39. The normalized spacial score (nSPS) is 25.1. The van der Waals surface area contributed by atoms with E-state index in [0.29, 0.717) is 12.2 Å². The second kappa shape index (κ2) is 4.14. The SMILES string of the molecule is CCN1C(=O)CC(O)C1c1ccccc1N. The van der Waals surface area contributed by atoms with E-state index in [-0.39, 0.29) is 18.4 Å². The highest BCUT2D eigenvalue weighted by atomic mass is 16.3. The third-order valence-corrected chi connectivity index (χ3v) is 3.06. The largest absolute Gasteiger partial charge is 0.398 e. The first-order chi connectivity index (χ1) is 7.65. The van der Waals surface area contributed by atoms with Gasteiger partial charge in [0.05, 0.1) is 18.6 Å². The lowest BCUT2D eigenvalue weighted by Gasteiger charge is -2.26. The van der Waals surface area contributed by atoms with Gasteiger partial charge in [0.15, 0.2) is 0 Å². The lowest BCUT2D eigenvalue weighted by molar-refractivity contribution is -0.128. The van der Waals surface area contributed by atoms with Crippen molar-refractivity contribution in [1.29, 1.82) is 0 Å². The molecule has 1 aromatic carbocycles. The molecule has 0 aliphatic carbocycles. The van der Waals surface area contributed by atoms with Crippen LogP contribution >= 0.6 is 0 Å². The number of aliphatic hydroxyl groups excluding tert-OH is 1. The molecule has 1 fully saturated rings. The zero-order valence-electron chi connectivity index (χ0n) is 9.26. The lowest BCUT2D eigenvalue weighted by atomic mass is 10.0. The first-order valence-corrected chi connectivity index (χ1v) is 5.47. The van der Waals surface area contributed by atoms with E-state index < -0.39 is 6.10 Å². The van der Waals surface area contributed by atoms with Gasteiger partial charge in [-0.15, -0.1) is 0 Å². The van der Waals surface area contributed by atoms with E-state index >= 15 is 0 Å². The average molecular weight is 220 g/mol. The van der Waals surface area contributed by atoms with Crippen molar-refractivity contribution in [3.63, 3.8) is 0 Å². The molecule has 1 saturated heterocycles. The molecule has 2 unspecified atom stereocenters. The number of para-hydroxylation sites is 1. The quantitative estimate of drug-likeness (QED) is 0.728. The summed E-state index contributed by atoms with van der Waals surface area (Å²) in [6.07, 6.45) is -0.468. The van der Waals surface area contributed by atoms with Crippen LogP contribution in [-0.4, -0.2) is 28.6 Å². The molecule has 16 heavy (non-hydrogen) atoms. The van der Waals surface area contributed by atoms with Gasteiger partial charge in [-0.3, -0.25) is 4.79 Å². The smallest absolute Gasteiger partial charge is 0.225 e. The van der Waals surface area contributed by atoms with Gasteiger partial charge in [-0.2, -0.15) is 0 Å². The number of aliphatic hydroxyl groups is 1. The summed E-state index contributed by atoms with van der Waals surface area (Å²) < 4.78 is 0. The minimum Gasteiger partial charge on any atom is -0.398 e. The zero-order valence-corrected chi connectivity index (χ0v) is 9.26. The van der Waals surface area contributed by atoms with Crippen molar-refractivity contribution >= 4 is 11.6 Å². The Morgan fingerprint density at radius 1 is 1.50 bits per heavy atom. The predicted molar refractivity (Wildman–Crippen MR) is 61.6 cm³/mol. The van der Waals surface area contributed by atoms with Crippen LogP contribution in [0.1, 0.15) is 24.9 Å². The Morgan fingerprint density at radius 2 is 2.19 bits per heavy atom. The summed E-state index contributed by atoms with van der Waals surface area (Å²) in [5.74, 6) is -0.0109. The summed E-state index contributed by atoms with van der Waals surface area (Å²) in [5.41, 5.74) is 7.34. The van der Waals surface area contributed by atoms with E-state index in [1.54, 1.807) is 11.0 Å². The second-order valence-corrected chi connectivity index (χ2v) is 4.02. The summed E-state index contributed by atoms with van der Waals surface area (Å²) in [5, 5.41) is 9.92. The number of likely N-dealkylation sites (tertiary alicyclic amines) is 1. The number of nitrogen functional groups attached to an aromatic ring is 1. The van der Waals surface area contributed by atoms with Gasteiger partial charge >= 0.3 is 0 Å². The van der Waals surface area contributed by atoms with Crippen LogP contribution in [0.15, 0.2) is 24.3 Å². The molecule has 4 nitrogen and oxygen atoms in total. The topological polar surface area (TPSA) is 66.6 Å². The van der Waals surface area contributed by atoms with Crippen LogP contribution in [0.4, 0.5) is 5.69 Å². The maximum absolute atomic E-state index is 11.6. The molecule has 1 amide bonds. The van der Waals surface area contributed by atoms with Crippen LogP contribution in [-0.2, 0) is 4.79 Å². The van der Waals surface area contributed by atoms with Crippen LogP contribution in [0.25, 0.3) is 0 Å². The van der Waals surface area contributed by atoms with Gasteiger partial charge in [0.1, 0.15) is 0 Å². The van der Waals surface area contributed by atoms with Crippen molar-refractivity contribution in [1.82, 2.24) is 4.90 Å². The number of likely N-dealkylation sites (N-methyl/N-ethyl adjacent to an activating group) is 1. The van der Waals surface area contributed by atoms with E-state index in [9.17, 15) is 9.90 Å². The Bertz CT molecular complexity index is 406. The van der Waals surface area contributed by atoms with Crippen molar-refractivity contribution in [2.45, 2.75) is 25.5 Å². The number of carbonyl (C=O) groups is 1. The van der Waals surface area contributed by atoms with Gasteiger partial charge in [-0.1, -0.05) is 18.2 Å². The fraction of sp³-hybridized carbons (Fsp3) is 0.417. The summed E-state index contributed by atoms with van der Waals surface area (Å²) >= 11 is 0. The summed E-state index contributed by atoms with van der Waals surface area (Å²) in [7, 11) is 0. The molecule has 0 saturated carbocycles. The number of nitrogens with zero attached hydrogens (tertiary/aromatic N) is 1. The van der Waals surface area contributed by atoms with Crippen LogP contribution < -0.4 is 5.73 Å². The molecule has 0 bridgehead atoms. The molecule has 86 valence electrons. The standard InChI is InChI=1S/C12H16N2O2/c1-2-14-11(16)7-10(15)12(14)8-5-3-4-6-9(8)13/h3-6,10,12,15H,2,7,13H2,1H3. The van der Waals surface area contributed by atoms with Crippen molar-refractivity contribution in [3.8, 4) is 0 Å². The van der Waals surface area contributed by atoms with Crippen LogP contribution in [0.5, 0.6) is 0 Å². The Kier molecular flexibility index (Phi) is 2.83.